The molecule has 0 spiro atoms. The van der Waals surface area contributed by atoms with Gasteiger partial charge in [0, 0.05) is 19.2 Å². The number of hydrogen-bond donors (Lipinski definition) is 1. The molecule has 2 aromatic heterocycles. The number of hydrogen-bond acceptors (Lipinski definition) is 7. The van der Waals surface area contributed by atoms with Crippen LogP contribution in [0.4, 0.5) is 11.5 Å². The molecule has 0 unspecified atom stereocenters. The van der Waals surface area contributed by atoms with Crippen LogP contribution in [0.25, 0.3) is 5.65 Å². The molecule has 0 bridgehead atoms. The summed E-state index contributed by atoms with van der Waals surface area (Å²) in [6, 6.07) is 9.12. The molecule has 3 aromatic rings. The number of aromatic nitrogens is 4. The number of piperidine rings is 1. The summed E-state index contributed by atoms with van der Waals surface area (Å²) in [4.78, 5) is 15.0. The molecule has 0 radical (unpaired) electrons. The SMILES string of the molecule is COc1ccc(OC)c(NC(=O)[C@@H]2CCCN(c3ccc4nncn4n3)C2)c1. The first kappa shape index (κ1) is 18.0. The lowest BCUT2D eigenvalue weighted by molar-refractivity contribution is -0.120. The summed E-state index contributed by atoms with van der Waals surface area (Å²) in [6.45, 7) is 1.45. The van der Waals surface area contributed by atoms with E-state index in [1.54, 1.807) is 43.3 Å². The molecule has 1 aromatic carbocycles. The number of nitrogens with one attached hydrogen (secondary N) is 1. The number of anilines is 2. The molecule has 1 saturated heterocycles. The summed E-state index contributed by atoms with van der Waals surface area (Å²) in [5, 5.41) is 15.3. The predicted octanol–water partition coefficient (Wildman–Crippen LogP) is 2.00. The van der Waals surface area contributed by atoms with Crippen molar-refractivity contribution in [3.05, 3.63) is 36.7 Å². The van der Waals surface area contributed by atoms with E-state index in [0.29, 0.717) is 29.4 Å². The lowest BCUT2D eigenvalue weighted by Crippen LogP contribution is -2.41. The highest BCUT2D eigenvalue weighted by Crippen LogP contribution is 2.30. The van der Waals surface area contributed by atoms with E-state index in [1.807, 2.05) is 12.1 Å². The van der Waals surface area contributed by atoms with Crippen molar-refractivity contribution in [3.8, 4) is 11.5 Å². The molecule has 1 N–H and O–H groups in total. The third-order valence-electron chi connectivity index (χ3n) is 4.93. The van der Waals surface area contributed by atoms with E-state index in [-0.39, 0.29) is 11.8 Å². The number of carbonyl (C=O) groups is 1. The number of methoxy groups -OCH3 is 2. The van der Waals surface area contributed by atoms with Crippen LogP contribution in [-0.4, -0.2) is 53.0 Å². The molecule has 0 aliphatic carbocycles. The van der Waals surface area contributed by atoms with E-state index in [1.165, 1.54) is 0 Å². The van der Waals surface area contributed by atoms with Gasteiger partial charge in [-0.3, -0.25) is 4.79 Å². The maximum atomic E-state index is 12.9. The molecule has 0 saturated carbocycles. The van der Waals surface area contributed by atoms with E-state index >= 15 is 0 Å². The van der Waals surface area contributed by atoms with Gasteiger partial charge in [0.05, 0.1) is 25.8 Å². The van der Waals surface area contributed by atoms with E-state index in [9.17, 15) is 4.79 Å². The highest BCUT2D eigenvalue weighted by Gasteiger charge is 2.27. The fourth-order valence-corrected chi connectivity index (χ4v) is 3.43. The van der Waals surface area contributed by atoms with Crippen molar-refractivity contribution in [3.63, 3.8) is 0 Å². The van der Waals surface area contributed by atoms with Crippen molar-refractivity contribution in [2.45, 2.75) is 12.8 Å². The van der Waals surface area contributed by atoms with Gasteiger partial charge < -0.3 is 19.7 Å². The van der Waals surface area contributed by atoms with Gasteiger partial charge in [-0.05, 0) is 37.1 Å². The van der Waals surface area contributed by atoms with Gasteiger partial charge in [0.2, 0.25) is 5.91 Å². The number of rotatable bonds is 5. The van der Waals surface area contributed by atoms with Crippen LogP contribution in [0.15, 0.2) is 36.7 Å². The van der Waals surface area contributed by atoms with Gasteiger partial charge in [-0.25, -0.2) is 0 Å². The second-order valence-electron chi connectivity index (χ2n) is 6.67. The minimum Gasteiger partial charge on any atom is -0.497 e. The highest BCUT2D eigenvalue weighted by molar-refractivity contribution is 5.94. The zero-order valence-electron chi connectivity index (χ0n) is 15.8. The molecule has 28 heavy (non-hydrogen) atoms. The first-order chi connectivity index (χ1) is 13.7. The Balaban J connectivity index is 1.49. The quantitative estimate of drug-likeness (QED) is 0.721. The minimum absolute atomic E-state index is 0.0402. The third kappa shape index (κ3) is 3.55. The van der Waals surface area contributed by atoms with Crippen molar-refractivity contribution in [1.82, 2.24) is 19.8 Å². The van der Waals surface area contributed by atoms with Crippen LogP contribution >= 0.6 is 0 Å². The normalized spacial score (nSPS) is 16.8. The molecule has 4 rings (SSSR count). The molecular weight excluding hydrogens is 360 g/mol. The van der Waals surface area contributed by atoms with Crippen LogP contribution in [0.1, 0.15) is 12.8 Å². The Hall–Kier alpha value is -3.36. The summed E-state index contributed by atoms with van der Waals surface area (Å²) in [6.07, 6.45) is 3.31. The standard InChI is InChI=1S/C19H22N6O3/c1-27-14-5-6-16(28-2)15(10-14)21-19(26)13-4-3-9-24(11-13)18-8-7-17-22-20-12-25(17)23-18/h5-8,10,12-13H,3-4,9,11H2,1-2H3,(H,21,26)/t13-/m1/s1. The third-order valence-corrected chi connectivity index (χ3v) is 4.93. The fraction of sp³-hybridized carbons (Fsp3) is 0.368. The van der Waals surface area contributed by atoms with Crippen LogP contribution in [0.2, 0.25) is 0 Å². The molecule has 1 fully saturated rings. The minimum atomic E-state index is -0.150. The lowest BCUT2D eigenvalue weighted by atomic mass is 9.97. The van der Waals surface area contributed by atoms with E-state index < -0.39 is 0 Å². The Morgan fingerprint density at radius 1 is 1.21 bits per heavy atom. The van der Waals surface area contributed by atoms with Crippen molar-refractivity contribution < 1.29 is 14.3 Å². The number of ether oxygens (including phenoxy) is 2. The van der Waals surface area contributed by atoms with Gasteiger partial charge in [-0.15, -0.1) is 15.3 Å². The van der Waals surface area contributed by atoms with Crippen LogP contribution < -0.4 is 19.7 Å². The molecular formula is C19H22N6O3. The highest BCUT2D eigenvalue weighted by atomic mass is 16.5. The molecule has 1 aliphatic heterocycles. The number of benzene rings is 1. The van der Waals surface area contributed by atoms with E-state index in [0.717, 1.165) is 25.2 Å². The lowest BCUT2D eigenvalue weighted by Gasteiger charge is -2.32. The average Bonchev–Trinajstić information content (AvgIpc) is 3.21. The van der Waals surface area contributed by atoms with Crippen LogP contribution in [-0.2, 0) is 4.79 Å². The largest absolute Gasteiger partial charge is 0.497 e. The summed E-state index contributed by atoms with van der Waals surface area (Å²) in [5.41, 5.74) is 1.30. The summed E-state index contributed by atoms with van der Waals surface area (Å²) >= 11 is 0. The first-order valence-corrected chi connectivity index (χ1v) is 9.13. The molecule has 3 heterocycles. The van der Waals surface area contributed by atoms with Crippen LogP contribution in [0.5, 0.6) is 11.5 Å². The van der Waals surface area contributed by atoms with Gasteiger partial charge in [0.1, 0.15) is 23.6 Å². The zero-order valence-corrected chi connectivity index (χ0v) is 15.8. The van der Waals surface area contributed by atoms with Crippen LogP contribution in [0, 0.1) is 5.92 Å². The van der Waals surface area contributed by atoms with E-state index in [2.05, 4.69) is 25.5 Å². The summed E-state index contributed by atoms with van der Waals surface area (Å²) < 4.78 is 12.2. The Morgan fingerprint density at radius 3 is 2.93 bits per heavy atom. The van der Waals surface area contributed by atoms with Gasteiger partial charge in [0.25, 0.3) is 0 Å². The van der Waals surface area contributed by atoms with Crippen molar-refractivity contribution >= 4 is 23.1 Å². The monoisotopic (exact) mass is 382 g/mol. The van der Waals surface area contributed by atoms with Gasteiger partial charge in [0.15, 0.2) is 5.65 Å². The molecule has 9 heteroatoms. The van der Waals surface area contributed by atoms with E-state index in [4.69, 9.17) is 9.47 Å². The van der Waals surface area contributed by atoms with Crippen molar-refractivity contribution in [2.75, 3.05) is 37.5 Å². The molecule has 9 nitrogen and oxygen atoms in total. The summed E-state index contributed by atoms with van der Waals surface area (Å²) in [5.74, 6) is 1.88. The Morgan fingerprint density at radius 2 is 2.11 bits per heavy atom. The fourth-order valence-electron chi connectivity index (χ4n) is 3.43. The van der Waals surface area contributed by atoms with Gasteiger partial charge in [-0.1, -0.05) is 0 Å². The molecule has 146 valence electrons. The second kappa shape index (κ2) is 7.71. The Labute approximate surface area is 162 Å². The smallest absolute Gasteiger partial charge is 0.229 e. The average molecular weight is 382 g/mol. The van der Waals surface area contributed by atoms with Gasteiger partial charge in [-0.2, -0.15) is 4.52 Å². The van der Waals surface area contributed by atoms with Gasteiger partial charge >= 0.3 is 0 Å². The van der Waals surface area contributed by atoms with Crippen molar-refractivity contribution in [1.29, 1.82) is 0 Å². The van der Waals surface area contributed by atoms with Crippen LogP contribution in [0.3, 0.4) is 0 Å². The Kier molecular flexibility index (Phi) is 4.96. The number of amides is 1. The maximum Gasteiger partial charge on any atom is 0.229 e. The Bertz CT molecular complexity index is 989. The molecule has 1 atom stereocenters. The van der Waals surface area contributed by atoms with Crippen molar-refractivity contribution in [2.24, 2.45) is 5.92 Å². The summed E-state index contributed by atoms with van der Waals surface area (Å²) in [7, 11) is 3.17. The number of fused-ring (bicyclic) bond motifs is 1. The zero-order chi connectivity index (χ0) is 19.5. The number of carbonyl (C=O) groups excluding carboxylic acids is 1. The second-order valence-corrected chi connectivity index (χ2v) is 6.67. The topological polar surface area (TPSA) is 93.9 Å². The first-order valence-electron chi connectivity index (χ1n) is 9.13. The maximum absolute atomic E-state index is 12.9. The number of nitrogens with zero attached hydrogens (tertiary/aromatic N) is 5. The predicted molar refractivity (Wildman–Crippen MR) is 104 cm³/mol. The molecule has 1 amide bonds. The molecule has 1 aliphatic rings.